The van der Waals surface area contributed by atoms with Crippen molar-refractivity contribution < 1.29 is 0 Å². The molecule has 3 N–H and O–H groups in total. The van der Waals surface area contributed by atoms with E-state index < -0.39 is 0 Å². The molecule has 0 fully saturated rings. The van der Waals surface area contributed by atoms with Gasteiger partial charge in [0.1, 0.15) is 5.84 Å². The molecule has 3 nitrogen and oxygen atoms in total. The molecule has 0 aromatic carbocycles. The normalized spacial score (nSPS) is 12.1. The summed E-state index contributed by atoms with van der Waals surface area (Å²) in [4.78, 5) is 1.80. The average Bonchev–Trinajstić information content (AvgIpc) is 2.31. The second kappa shape index (κ2) is 8.62. The quantitative estimate of drug-likeness (QED) is 0.404. The number of unbranched alkanes of at least 4 members (excludes halogenated alkanes) is 1. The lowest BCUT2D eigenvalue weighted by atomic mass is 10.1. The first-order valence-electron chi connectivity index (χ1n) is 6.12. The van der Waals surface area contributed by atoms with Crippen molar-refractivity contribution in [2.75, 3.05) is 6.54 Å². The van der Waals surface area contributed by atoms with Gasteiger partial charge in [0.15, 0.2) is 0 Å². The number of hydrogen-bond donors (Lipinski definition) is 2. The number of hydrogen-bond acceptors (Lipinski definition) is 2. The smallest absolute Gasteiger partial charge is 0.124 e. The lowest BCUT2D eigenvalue weighted by molar-refractivity contribution is 0.595. The average molecular weight is 235 g/mol. The van der Waals surface area contributed by atoms with E-state index in [4.69, 9.17) is 11.1 Å². The number of nitrogens with two attached hydrogens (primary N) is 1. The van der Waals surface area contributed by atoms with Crippen LogP contribution in [0, 0.1) is 11.3 Å². The number of nitrogens with one attached hydrogen (secondary N) is 1. The van der Waals surface area contributed by atoms with Crippen LogP contribution in [0.1, 0.15) is 33.6 Å². The Hall–Kier alpha value is -1.51. The molecule has 0 aromatic heterocycles. The number of nitrogens with zero attached hydrogens (tertiary/aromatic N) is 1. The second-order valence-electron chi connectivity index (χ2n) is 4.29. The molecule has 0 saturated heterocycles. The summed E-state index contributed by atoms with van der Waals surface area (Å²) in [5.74, 6) is 0.657. The molecule has 3 heteroatoms. The predicted molar refractivity (Wildman–Crippen MR) is 75.8 cm³/mol. The van der Waals surface area contributed by atoms with E-state index in [1.165, 1.54) is 6.08 Å². The van der Waals surface area contributed by atoms with Gasteiger partial charge in [-0.05, 0) is 18.4 Å². The Labute approximate surface area is 105 Å². The second-order valence-corrected chi connectivity index (χ2v) is 4.29. The maximum Gasteiger partial charge on any atom is 0.124 e. The fourth-order valence-corrected chi connectivity index (χ4v) is 1.14. The minimum absolute atomic E-state index is 0.287. The van der Waals surface area contributed by atoms with Crippen LogP contribution in [-0.4, -0.2) is 17.3 Å². The maximum atomic E-state index is 7.78. The molecule has 0 spiro atoms. The number of allylic oxidation sites excluding steroid dienone is 2. The molecule has 0 radical (unpaired) electrons. The zero-order valence-electron chi connectivity index (χ0n) is 11.2. The Bertz CT molecular complexity index is 301. The highest BCUT2D eigenvalue weighted by molar-refractivity contribution is 5.90. The van der Waals surface area contributed by atoms with Gasteiger partial charge in [-0.15, -0.1) is 0 Å². The van der Waals surface area contributed by atoms with Crippen LogP contribution in [0.5, 0.6) is 0 Å². The van der Waals surface area contributed by atoms with Gasteiger partial charge in [0.25, 0.3) is 0 Å². The summed E-state index contributed by atoms with van der Waals surface area (Å²) in [6.07, 6.45) is 9.75. The van der Waals surface area contributed by atoms with Gasteiger partial charge < -0.3 is 10.6 Å². The summed E-state index contributed by atoms with van der Waals surface area (Å²) in [6.45, 7) is 10.5. The SMILES string of the molecule is C=CC(=N)N(/C=C(\N)C(C)C)C/C=C\CCC. The first kappa shape index (κ1) is 15.5. The highest BCUT2D eigenvalue weighted by atomic mass is 15.1. The molecular formula is C14H25N3. The van der Waals surface area contributed by atoms with E-state index in [-0.39, 0.29) is 5.92 Å². The summed E-state index contributed by atoms with van der Waals surface area (Å²) >= 11 is 0. The van der Waals surface area contributed by atoms with E-state index >= 15 is 0 Å². The Morgan fingerprint density at radius 3 is 2.53 bits per heavy atom. The van der Waals surface area contributed by atoms with E-state index in [0.717, 1.165) is 18.5 Å². The summed E-state index contributed by atoms with van der Waals surface area (Å²) in [5, 5.41) is 7.78. The molecule has 0 heterocycles. The summed E-state index contributed by atoms with van der Waals surface area (Å²) in [7, 11) is 0. The molecule has 96 valence electrons. The van der Waals surface area contributed by atoms with Gasteiger partial charge in [0.2, 0.25) is 0 Å². The monoisotopic (exact) mass is 235 g/mol. The Morgan fingerprint density at radius 1 is 1.41 bits per heavy atom. The Kier molecular flexibility index (Phi) is 7.85. The molecule has 0 aromatic rings. The lowest BCUT2D eigenvalue weighted by Crippen LogP contribution is -2.25. The third kappa shape index (κ3) is 6.61. The minimum atomic E-state index is 0.287. The predicted octanol–water partition coefficient (Wildman–Crippen LogP) is 3.26. The van der Waals surface area contributed by atoms with Crippen molar-refractivity contribution in [3.05, 3.63) is 36.7 Å². The first-order chi connectivity index (χ1) is 8.02. The number of rotatable bonds is 7. The largest absolute Gasteiger partial charge is 0.401 e. The number of amidine groups is 1. The molecule has 0 bridgehead atoms. The van der Waals surface area contributed by atoms with Crippen LogP contribution >= 0.6 is 0 Å². The van der Waals surface area contributed by atoms with Gasteiger partial charge in [-0.25, -0.2) is 0 Å². The third-order valence-electron chi connectivity index (χ3n) is 2.40. The summed E-state index contributed by atoms with van der Waals surface area (Å²) in [6, 6.07) is 0. The van der Waals surface area contributed by atoms with E-state index in [1.54, 1.807) is 4.90 Å². The van der Waals surface area contributed by atoms with E-state index in [1.807, 2.05) is 20.0 Å². The molecule has 0 rings (SSSR count). The maximum absolute atomic E-state index is 7.78. The zero-order chi connectivity index (χ0) is 13.3. The molecule has 0 aliphatic carbocycles. The van der Waals surface area contributed by atoms with Crippen molar-refractivity contribution >= 4 is 5.84 Å². The summed E-state index contributed by atoms with van der Waals surface area (Å²) in [5.41, 5.74) is 6.68. The van der Waals surface area contributed by atoms with Crippen molar-refractivity contribution in [3.8, 4) is 0 Å². The van der Waals surface area contributed by atoms with Crippen molar-refractivity contribution in [3.63, 3.8) is 0 Å². The van der Waals surface area contributed by atoms with Gasteiger partial charge in [0.05, 0.1) is 0 Å². The fourth-order valence-electron chi connectivity index (χ4n) is 1.14. The molecule has 0 aliphatic rings. The minimum Gasteiger partial charge on any atom is -0.401 e. The zero-order valence-corrected chi connectivity index (χ0v) is 11.2. The van der Waals surface area contributed by atoms with Crippen LogP contribution in [0.25, 0.3) is 0 Å². The van der Waals surface area contributed by atoms with Crippen LogP contribution in [0.2, 0.25) is 0 Å². The molecular weight excluding hydrogens is 210 g/mol. The van der Waals surface area contributed by atoms with Crippen molar-refractivity contribution in [1.82, 2.24) is 4.90 Å². The standard InChI is InChI=1S/C14H25N3/c1-5-7-8-9-10-17(14(16)6-2)11-13(15)12(3)4/h6,8-9,11-12,16H,2,5,7,10,15H2,1,3-4H3/b9-8-,13-11-,16-14?. The highest BCUT2D eigenvalue weighted by Gasteiger charge is 2.04. The van der Waals surface area contributed by atoms with E-state index in [2.05, 4.69) is 25.7 Å². The van der Waals surface area contributed by atoms with Crippen LogP contribution in [-0.2, 0) is 0 Å². The van der Waals surface area contributed by atoms with Crippen LogP contribution in [0.3, 0.4) is 0 Å². The topological polar surface area (TPSA) is 53.1 Å². The molecule has 0 amide bonds. The van der Waals surface area contributed by atoms with Gasteiger partial charge in [-0.1, -0.05) is 45.9 Å². The third-order valence-corrected chi connectivity index (χ3v) is 2.40. The first-order valence-corrected chi connectivity index (χ1v) is 6.12. The molecule has 0 unspecified atom stereocenters. The van der Waals surface area contributed by atoms with Crippen molar-refractivity contribution in [1.29, 1.82) is 5.41 Å². The Morgan fingerprint density at radius 2 is 2.06 bits per heavy atom. The van der Waals surface area contributed by atoms with Gasteiger partial charge in [-0.2, -0.15) is 0 Å². The van der Waals surface area contributed by atoms with Crippen LogP contribution in [0.4, 0.5) is 0 Å². The fraction of sp³-hybridized carbons (Fsp3) is 0.500. The van der Waals surface area contributed by atoms with Crippen LogP contribution < -0.4 is 5.73 Å². The van der Waals surface area contributed by atoms with Crippen LogP contribution in [0.15, 0.2) is 36.7 Å². The van der Waals surface area contributed by atoms with Gasteiger partial charge >= 0.3 is 0 Å². The van der Waals surface area contributed by atoms with E-state index in [0.29, 0.717) is 12.4 Å². The van der Waals surface area contributed by atoms with Gasteiger partial charge in [0, 0.05) is 18.4 Å². The summed E-state index contributed by atoms with van der Waals surface area (Å²) < 4.78 is 0. The van der Waals surface area contributed by atoms with Gasteiger partial charge in [-0.3, -0.25) is 5.41 Å². The van der Waals surface area contributed by atoms with Crippen molar-refractivity contribution in [2.45, 2.75) is 33.6 Å². The molecule has 0 saturated carbocycles. The van der Waals surface area contributed by atoms with E-state index in [9.17, 15) is 0 Å². The Balaban J connectivity index is 4.60. The molecule has 17 heavy (non-hydrogen) atoms. The molecule has 0 aliphatic heterocycles. The highest BCUT2D eigenvalue weighted by Crippen LogP contribution is 2.05. The lowest BCUT2D eigenvalue weighted by Gasteiger charge is -2.19. The van der Waals surface area contributed by atoms with Crippen molar-refractivity contribution in [2.24, 2.45) is 11.7 Å². The molecule has 0 atom stereocenters.